The summed E-state index contributed by atoms with van der Waals surface area (Å²) in [7, 11) is -3.51. The largest absolute Gasteiger partial charge is 0.356 e. The van der Waals surface area contributed by atoms with E-state index in [4.69, 9.17) is 0 Å². The number of piperidine rings is 1. The maximum Gasteiger partial charge on any atom is 0.240 e. The molecule has 7 nitrogen and oxygen atoms in total. The van der Waals surface area contributed by atoms with Gasteiger partial charge >= 0.3 is 0 Å². The van der Waals surface area contributed by atoms with Crippen molar-refractivity contribution >= 4 is 21.7 Å². The fraction of sp³-hybridized carbons (Fsp3) is 0.429. The van der Waals surface area contributed by atoms with E-state index in [-0.39, 0.29) is 23.3 Å². The summed E-state index contributed by atoms with van der Waals surface area (Å²) >= 11 is 0. The molecule has 1 unspecified atom stereocenters. The van der Waals surface area contributed by atoms with Crippen LogP contribution in [-0.2, 0) is 14.8 Å². The molecule has 1 aromatic carbocycles. The van der Waals surface area contributed by atoms with Crippen LogP contribution in [0.2, 0.25) is 0 Å². The molecule has 3 rings (SSSR count). The Morgan fingerprint density at radius 1 is 1.17 bits per heavy atom. The molecule has 1 aliphatic rings. The Balaban J connectivity index is 1.40. The highest BCUT2D eigenvalue weighted by molar-refractivity contribution is 7.89. The predicted molar refractivity (Wildman–Crippen MR) is 113 cm³/mol. The van der Waals surface area contributed by atoms with Crippen LogP contribution in [0.4, 0.5) is 5.82 Å². The normalized spacial score (nSPS) is 17.1. The minimum atomic E-state index is -3.51. The standard InChI is InChI=1S/C21H28N4O3S/c1-17-8-10-19(11-9-17)29(27,28)24-14-5-13-23-21(26)18-6-4-15-25(16-18)20-7-2-3-12-22-20/h2-3,7-12,18,24H,4-6,13-16H2,1H3,(H,23,26). The number of sulfonamides is 1. The van der Waals surface area contributed by atoms with Crippen LogP contribution in [0.15, 0.2) is 53.6 Å². The van der Waals surface area contributed by atoms with E-state index in [1.807, 2.05) is 25.1 Å². The molecule has 1 amide bonds. The van der Waals surface area contributed by atoms with E-state index in [1.54, 1.807) is 30.5 Å². The number of nitrogens with zero attached hydrogens (tertiary/aromatic N) is 2. The number of aromatic nitrogens is 1. The highest BCUT2D eigenvalue weighted by atomic mass is 32.2. The second kappa shape index (κ2) is 9.84. The van der Waals surface area contributed by atoms with Gasteiger partial charge in [0, 0.05) is 32.4 Å². The number of nitrogens with one attached hydrogen (secondary N) is 2. The Hall–Kier alpha value is -2.45. The van der Waals surface area contributed by atoms with Crippen LogP contribution >= 0.6 is 0 Å². The summed E-state index contributed by atoms with van der Waals surface area (Å²) in [6.07, 6.45) is 4.10. The van der Waals surface area contributed by atoms with Gasteiger partial charge in [-0.1, -0.05) is 23.8 Å². The van der Waals surface area contributed by atoms with Gasteiger partial charge in [0.25, 0.3) is 0 Å². The summed E-state index contributed by atoms with van der Waals surface area (Å²) in [6.45, 7) is 4.19. The summed E-state index contributed by atoms with van der Waals surface area (Å²) in [6, 6.07) is 12.5. The predicted octanol–water partition coefficient (Wildman–Crippen LogP) is 2.09. The molecule has 2 aromatic rings. The van der Waals surface area contributed by atoms with Gasteiger partial charge in [0.1, 0.15) is 5.82 Å². The minimum absolute atomic E-state index is 0.0204. The Morgan fingerprint density at radius 3 is 2.69 bits per heavy atom. The van der Waals surface area contributed by atoms with Crippen molar-refractivity contribution in [1.29, 1.82) is 0 Å². The van der Waals surface area contributed by atoms with Crippen molar-refractivity contribution in [1.82, 2.24) is 15.0 Å². The second-order valence-corrected chi connectivity index (χ2v) is 9.10. The van der Waals surface area contributed by atoms with Crippen LogP contribution in [0, 0.1) is 12.8 Å². The molecular weight excluding hydrogens is 388 g/mol. The number of hydrogen-bond acceptors (Lipinski definition) is 5. The van der Waals surface area contributed by atoms with Crippen LogP contribution in [0.1, 0.15) is 24.8 Å². The van der Waals surface area contributed by atoms with Crippen molar-refractivity contribution in [2.45, 2.75) is 31.1 Å². The van der Waals surface area contributed by atoms with Gasteiger partial charge in [0.15, 0.2) is 0 Å². The lowest BCUT2D eigenvalue weighted by atomic mass is 9.97. The maximum atomic E-state index is 12.5. The molecule has 2 N–H and O–H groups in total. The Bertz CT molecular complexity index is 901. The van der Waals surface area contributed by atoms with E-state index in [0.717, 1.165) is 30.8 Å². The maximum absolute atomic E-state index is 12.5. The number of aryl methyl sites for hydroxylation is 1. The molecule has 1 aliphatic heterocycles. The number of rotatable bonds is 8. The topological polar surface area (TPSA) is 91.4 Å². The fourth-order valence-electron chi connectivity index (χ4n) is 3.39. The van der Waals surface area contributed by atoms with Crippen molar-refractivity contribution in [3.63, 3.8) is 0 Å². The smallest absolute Gasteiger partial charge is 0.240 e. The number of anilines is 1. The van der Waals surface area contributed by atoms with Crippen molar-refractivity contribution < 1.29 is 13.2 Å². The van der Waals surface area contributed by atoms with Gasteiger partial charge in [-0.2, -0.15) is 0 Å². The Kier molecular flexibility index (Phi) is 7.22. The quantitative estimate of drug-likeness (QED) is 0.643. The van der Waals surface area contributed by atoms with Gasteiger partial charge in [0.2, 0.25) is 15.9 Å². The van der Waals surface area contributed by atoms with Crippen LogP contribution in [0.5, 0.6) is 0 Å². The third kappa shape index (κ3) is 6.01. The molecule has 2 heterocycles. The zero-order valence-corrected chi connectivity index (χ0v) is 17.5. The van der Waals surface area contributed by atoms with Gasteiger partial charge in [-0.05, 0) is 50.5 Å². The lowest BCUT2D eigenvalue weighted by molar-refractivity contribution is -0.125. The first-order valence-corrected chi connectivity index (χ1v) is 11.4. The molecule has 156 valence electrons. The van der Waals surface area contributed by atoms with Gasteiger partial charge in [-0.25, -0.2) is 18.1 Å². The number of carbonyl (C=O) groups excluding carboxylic acids is 1. The first-order valence-electron chi connectivity index (χ1n) is 9.96. The highest BCUT2D eigenvalue weighted by Crippen LogP contribution is 2.21. The summed E-state index contributed by atoms with van der Waals surface area (Å²) in [5.41, 5.74) is 1.01. The third-order valence-electron chi connectivity index (χ3n) is 5.04. The van der Waals surface area contributed by atoms with Crippen LogP contribution in [-0.4, -0.2) is 45.5 Å². The molecule has 1 aromatic heterocycles. The molecule has 0 radical (unpaired) electrons. The van der Waals surface area contributed by atoms with Gasteiger partial charge in [-0.3, -0.25) is 4.79 Å². The summed E-state index contributed by atoms with van der Waals surface area (Å²) in [4.78, 5) is 19.3. The molecule has 29 heavy (non-hydrogen) atoms. The van der Waals surface area contributed by atoms with Crippen LogP contribution < -0.4 is 14.9 Å². The molecular formula is C21H28N4O3S. The molecule has 1 atom stereocenters. The number of amides is 1. The lowest BCUT2D eigenvalue weighted by Crippen LogP contribution is -2.43. The molecule has 0 aliphatic carbocycles. The van der Waals surface area contributed by atoms with Crippen molar-refractivity contribution in [3.8, 4) is 0 Å². The monoisotopic (exact) mass is 416 g/mol. The zero-order chi connectivity index (χ0) is 20.7. The number of pyridine rings is 1. The van der Waals surface area contributed by atoms with Crippen LogP contribution in [0.25, 0.3) is 0 Å². The van der Waals surface area contributed by atoms with Crippen LogP contribution in [0.3, 0.4) is 0 Å². The van der Waals surface area contributed by atoms with Gasteiger partial charge in [-0.15, -0.1) is 0 Å². The number of carbonyl (C=O) groups is 1. The highest BCUT2D eigenvalue weighted by Gasteiger charge is 2.26. The molecule has 0 spiro atoms. The van der Waals surface area contributed by atoms with Gasteiger partial charge < -0.3 is 10.2 Å². The Morgan fingerprint density at radius 2 is 1.97 bits per heavy atom. The Labute approximate surface area is 172 Å². The summed E-state index contributed by atoms with van der Waals surface area (Å²) < 4.78 is 27.1. The summed E-state index contributed by atoms with van der Waals surface area (Å²) in [5.74, 6) is 0.845. The number of benzene rings is 1. The second-order valence-electron chi connectivity index (χ2n) is 7.33. The van der Waals surface area contributed by atoms with Crippen molar-refractivity contribution in [2.75, 3.05) is 31.1 Å². The lowest BCUT2D eigenvalue weighted by Gasteiger charge is -2.32. The summed E-state index contributed by atoms with van der Waals surface area (Å²) in [5, 5.41) is 2.94. The average molecular weight is 417 g/mol. The molecule has 8 heteroatoms. The first-order chi connectivity index (χ1) is 14.0. The van der Waals surface area contributed by atoms with E-state index in [0.29, 0.717) is 19.5 Å². The average Bonchev–Trinajstić information content (AvgIpc) is 2.74. The van der Waals surface area contributed by atoms with E-state index < -0.39 is 10.0 Å². The fourth-order valence-corrected chi connectivity index (χ4v) is 4.47. The zero-order valence-electron chi connectivity index (χ0n) is 16.7. The van der Waals surface area contributed by atoms with Crippen molar-refractivity contribution in [3.05, 3.63) is 54.2 Å². The minimum Gasteiger partial charge on any atom is -0.356 e. The number of hydrogen-bond donors (Lipinski definition) is 2. The van der Waals surface area contributed by atoms with Crippen molar-refractivity contribution in [2.24, 2.45) is 5.92 Å². The first kappa shape index (κ1) is 21.3. The van der Waals surface area contributed by atoms with E-state index in [9.17, 15) is 13.2 Å². The molecule has 0 saturated carbocycles. The van der Waals surface area contributed by atoms with E-state index in [1.165, 1.54) is 0 Å². The molecule has 1 fully saturated rings. The van der Waals surface area contributed by atoms with E-state index in [2.05, 4.69) is 19.9 Å². The SMILES string of the molecule is Cc1ccc(S(=O)(=O)NCCCNC(=O)C2CCCN(c3ccccn3)C2)cc1. The molecule has 0 bridgehead atoms. The third-order valence-corrected chi connectivity index (χ3v) is 6.52. The van der Waals surface area contributed by atoms with Gasteiger partial charge in [0.05, 0.1) is 10.8 Å². The van der Waals surface area contributed by atoms with E-state index >= 15 is 0 Å². The molecule has 1 saturated heterocycles.